The van der Waals surface area contributed by atoms with Crippen molar-refractivity contribution in [1.29, 1.82) is 21.2 Å². The predicted molar refractivity (Wildman–Crippen MR) is 99.1 cm³/mol. The minimum Gasteiger partial charge on any atom is -0.497 e. The third-order valence-electron chi connectivity index (χ3n) is 5.90. The lowest BCUT2D eigenvalue weighted by Gasteiger charge is -2.48. The van der Waals surface area contributed by atoms with Gasteiger partial charge in [-0.25, -0.2) is 0 Å². The number of nitrogens with one attached hydrogen (secondary N) is 1. The highest BCUT2D eigenvalue weighted by Crippen LogP contribution is 2.66. The number of nitriles is 3. The number of hydrogen-bond acceptors (Lipinski definition) is 7. The summed E-state index contributed by atoms with van der Waals surface area (Å²) < 4.78 is 17.2. The number of fused-ring (bicyclic) bond motifs is 2. The zero-order valence-corrected chi connectivity index (χ0v) is 16.2. The Bertz CT molecular complexity index is 894. The van der Waals surface area contributed by atoms with Gasteiger partial charge in [0.15, 0.2) is 10.8 Å². The highest BCUT2D eigenvalue weighted by atomic mass is 16.7. The van der Waals surface area contributed by atoms with Crippen molar-refractivity contribution in [3.63, 3.8) is 0 Å². The molecular weight excluding hydrogens is 356 g/mol. The van der Waals surface area contributed by atoms with Crippen molar-refractivity contribution in [3.05, 3.63) is 29.8 Å². The number of nitrogens with zero attached hydrogens (tertiary/aromatic N) is 3. The zero-order chi connectivity index (χ0) is 20.6. The van der Waals surface area contributed by atoms with Crippen molar-refractivity contribution < 1.29 is 14.2 Å². The van der Waals surface area contributed by atoms with Crippen LogP contribution < -0.4 is 4.74 Å². The third-order valence-corrected chi connectivity index (χ3v) is 5.90. The Morgan fingerprint density at radius 3 is 2.29 bits per heavy atom. The van der Waals surface area contributed by atoms with Crippen LogP contribution in [0.3, 0.4) is 0 Å². The van der Waals surface area contributed by atoms with Crippen molar-refractivity contribution in [1.82, 2.24) is 0 Å². The second-order valence-electron chi connectivity index (χ2n) is 7.35. The number of hydrogen-bond donors (Lipinski definition) is 1. The van der Waals surface area contributed by atoms with Crippen molar-refractivity contribution in [3.8, 4) is 24.0 Å². The summed E-state index contributed by atoms with van der Waals surface area (Å²) in [6.45, 7) is 3.67. The second-order valence-corrected chi connectivity index (χ2v) is 7.35. The molecule has 3 rings (SSSR count). The molecule has 7 heteroatoms. The fourth-order valence-corrected chi connectivity index (χ4v) is 4.55. The quantitative estimate of drug-likeness (QED) is 0.834. The maximum atomic E-state index is 10.3. The van der Waals surface area contributed by atoms with E-state index in [1.54, 1.807) is 38.3 Å². The van der Waals surface area contributed by atoms with Gasteiger partial charge in [-0.1, -0.05) is 31.9 Å². The number of ether oxygens (including phenoxy) is 3. The van der Waals surface area contributed by atoms with Gasteiger partial charge in [0.1, 0.15) is 5.75 Å². The number of methoxy groups -OCH3 is 1. The highest BCUT2D eigenvalue weighted by Gasteiger charge is 2.79. The van der Waals surface area contributed by atoms with Crippen LogP contribution in [-0.4, -0.2) is 24.9 Å². The van der Waals surface area contributed by atoms with Crippen LogP contribution in [0.5, 0.6) is 5.75 Å². The van der Waals surface area contributed by atoms with Gasteiger partial charge in [-0.15, -0.1) is 0 Å². The van der Waals surface area contributed by atoms with Gasteiger partial charge in [0, 0.05) is 6.92 Å². The van der Waals surface area contributed by atoms with E-state index in [9.17, 15) is 15.8 Å². The van der Waals surface area contributed by atoms with E-state index in [4.69, 9.17) is 19.6 Å². The Kier molecular flexibility index (Phi) is 4.79. The summed E-state index contributed by atoms with van der Waals surface area (Å²) in [4.78, 5) is 0. The normalized spacial score (nSPS) is 32.5. The largest absolute Gasteiger partial charge is 0.497 e. The molecule has 2 saturated heterocycles. The molecule has 0 aliphatic carbocycles. The summed E-state index contributed by atoms with van der Waals surface area (Å²) in [5.41, 5.74) is -2.97. The molecule has 0 saturated carbocycles. The fourth-order valence-electron chi connectivity index (χ4n) is 4.55. The molecule has 0 amide bonds. The second kappa shape index (κ2) is 6.82. The third kappa shape index (κ3) is 2.32. The van der Waals surface area contributed by atoms with Crippen molar-refractivity contribution in [2.24, 2.45) is 10.8 Å². The average Bonchev–Trinajstić information content (AvgIpc) is 2.89. The maximum Gasteiger partial charge on any atom is 0.218 e. The van der Waals surface area contributed by atoms with Crippen LogP contribution in [0.15, 0.2) is 24.3 Å². The van der Waals surface area contributed by atoms with E-state index in [0.29, 0.717) is 17.7 Å². The van der Waals surface area contributed by atoms with Crippen LogP contribution in [0.4, 0.5) is 0 Å². The van der Waals surface area contributed by atoms with Gasteiger partial charge in [0.25, 0.3) is 0 Å². The number of benzene rings is 1. The van der Waals surface area contributed by atoms with Gasteiger partial charge in [0.2, 0.25) is 11.7 Å². The minimum atomic E-state index is -1.85. The molecule has 0 aromatic heterocycles. The van der Waals surface area contributed by atoms with Crippen molar-refractivity contribution in [2.45, 2.75) is 50.9 Å². The molecule has 1 aromatic carbocycles. The van der Waals surface area contributed by atoms with Crippen LogP contribution in [0.25, 0.3) is 0 Å². The molecule has 2 fully saturated rings. The lowest BCUT2D eigenvalue weighted by molar-refractivity contribution is -0.251. The molecule has 2 aliphatic rings. The van der Waals surface area contributed by atoms with Crippen LogP contribution in [0.2, 0.25) is 0 Å². The van der Waals surface area contributed by atoms with E-state index in [1.165, 1.54) is 0 Å². The first-order valence-electron chi connectivity index (χ1n) is 9.22. The molecule has 1 N–H and O–H groups in total. The Balaban J connectivity index is 2.25. The molecular formula is C21H22N4O3. The molecule has 144 valence electrons. The number of rotatable bonds is 5. The molecule has 7 nitrogen and oxygen atoms in total. The minimum absolute atomic E-state index is 0.389. The first kappa shape index (κ1) is 19.7. The fraction of sp³-hybridized carbons (Fsp3) is 0.524. The standard InChI is InChI=1S/C21H22N4O3/c1-4-5-6-16-20(11-22,12-23)21(13-24)17(19(2,27-16)28-18(21)25)14-7-9-15(26-3)10-8-14/h7-10,16-17,25H,4-6H2,1-3H3. The van der Waals surface area contributed by atoms with Gasteiger partial charge < -0.3 is 14.2 Å². The van der Waals surface area contributed by atoms with Crippen molar-refractivity contribution in [2.75, 3.05) is 7.11 Å². The molecule has 28 heavy (non-hydrogen) atoms. The Morgan fingerprint density at radius 2 is 1.79 bits per heavy atom. The Labute approximate surface area is 164 Å². The van der Waals surface area contributed by atoms with Gasteiger partial charge in [-0.2, -0.15) is 15.8 Å². The van der Waals surface area contributed by atoms with Gasteiger partial charge in [-0.3, -0.25) is 5.41 Å². The summed E-state index contributed by atoms with van der Waals surface area (Å²) in [7, 11) is 1.55. The summed E-state index contributed by atoms with van der Waals surface area (Å²) >= 11 is 0. The number of unbranched alkanes of at least 4 members (excludes halogenated alkanes) is 1. The lowest BCUT2D eigenvalue weighted by Crippen LogP contribution is -2.60. The Hall–Kier alpha value is -3.08. The average molecular weight is 378 g/mol. The van der Waals surface area contributed by atoms with E-state index in [1.807, 2.05) is 6.92 Å². The van der Waals surface area contributed by atoms with E-state index in [-0.39, 0.29) is 5.90 Å². The maximum absolute atomic E-state index is 10.3. The van der Waals surface area contributed by atoms with Gasteiger partial charge in [0.05, 0.1) is 37.3 Å². The summed E-state index contributed by atoms with van der Waals surface area (Å²) in [6, 6.07) is 13.3. The first-order chi connectivity index (χ1) is 13.4. The summed E-state index contributed by atoms with van der Waals surface area (Å²) in [5, 5.41) is 39.0. The lowest BCUT2D eigenvalue weighted by atomic mass is 9.52. The predicted octanol–water partition coefficient (Wildman–Crippen LogP) is 3.64. The van der Waals surface area contributed by atoms with E-state index in [0.717, 1.165) is 12.8 Å². The topological polar surface area (TPSA) is 123 Å². The smallest absolute Gasteiger partial charge is 0.218 e. The van der Waals surface area contributed by atoms with E-state index in [2.05, 4.69) is 18.2 Å². The SMILES string of the molecule is CCCCC1OC2(C)OC(=N)C(C#N)(C2c2ccc(OC)cc2)C1(C#N)C#N. The summed E-state index contributed by atoms with van der Waals surface area (Å²) in [6.07, 6.45) is 1.18. The van der Waals surface area contributed by atoms with E-state index < -0.39 is 28.6 Å². The Morgan fingerprint density at radius 1 is 1.14 bits per heavy atom. The summed E-state index contributed by atoms with van der Waals surface area (Å²) in [5.74, 6) is -1.88. The molecule has 2 heterocycles. The van der Waals surface area contributed by atoms with Crippen LogP contribution >= 0.6 is 0 Å². The zero-order valence-electron chi connectivity index (χ0n) is 16.2. The first-order valence-corrected chi connectivity index (χ1v) is 9.22. The molecule has 4 unspecified atom stereocenters. The molecule has 2 aliphatic heterocycles. The molecule has 2 bridgehead atoms. The molecule has 1 aromatic rings. The highest BCUT2D eigenvalue weighted by molar-refractivity contribution is 5.90. The monoisotopic (exact) mass is 378 g/mol. The van der Waals surface area contributed by atoms with Crippen molar-refractivity contribution >= 4 is 5.90 Å². The van der Waals surface area contributed by atoms with E-state index >= 15 is 0 Å². The molecule has 0 spiro atoms. The molecule has 0 radical (unpaired) electrons. The van der Waals surface area contributed by atoms with Crippen LogP contribution in [0.1, 0.15) is 44.6 Å². The van der Waals surface area contributed by atoms with Gasteiger partial charge >= 0.3 is 0 Å². The van der Waals surface area contributed by atoms with Gasteiger partial charge in [-0.05, 0) is 24.1 Å². The molecule has 4 atom stereocenters. The van der Waals surface area contributed by atoms with Crippen LogP contribution in [-0.2, 0) is 9.47 Å². The van der Waals surface area contributed by atoms with Crippen LogP contribution in [0, 0.1) is 50.2 Å².